The molecule has 22 nitrogen and oxygen atoms in total. The maximum atomic E-state index is 12.5. The fourth-order valence-corrected chi connectivity index (χ4v) is 7.76. The summed E-state index contributed by atoms with van der Waals surface area (Å²) >= 11 is 12.1. The molecule has 0 unspecified atom stereocenters. The van der Waals surface area contributed by atoms with Crippen molar-refractivity contribution in [2.24, 2.45) is 0 Å². The third-order valence-electron chi connectivity index (χ3n) is 7.55. The van der Waals surface area contributed by atoms with Crippen molar-refractivity contribution in [3.8, 4) is 0 Å². The average molecular weight is 940 g/mol. The van der Waals surface area contributed by atoms with Crippen LogP contribution in [0.3, 0.4) is 0 Å². The number of halogens is 2. The summed E-state index contributed by atoms with van der Waals surface area (Å²) in [5, 5.41) is 10.2. The Morgan fingerprint density at radius 1 is 0.417 bits per heavy atom. The lowest BCUT2D eigenvalue weighted by atomic mass is 10.1. The molecule has 0 aliphatic carbocycles. The summed E-state index contributed by atoms with van der Waals surface area (Å²) < 4.78 is 134. The van der Waals surface area contributed by atoms with Gasteiger partial charge in [-0.25, -0.2) is 0 Å². The number of aromatic nitrogens is 6. The summed E-state index contributed by atoms with van der Waals surface area (Å²) in [5.74, 6) is -0.720. The van der Waals surface area contributed by atoms with Gasteiger partial charge in [0.25, 0.3) is 40.5 Å². The molecule has 0 amide bonds. The molecule has 0 spiro atoms. The quantitative estimate of drug-likeness (QED) is 0.0494. The molecule has 0 bridgehead atoms. The van der Waals surface area contributed by atoms with Gasteiger partial charge in [0, 0.05) is 22.7 Å². The SMILES string of the molecule is O=S(=O)(O)c1ccc(Nc2nc(Cl)nc(Nc3ccc(/C=C/c4ccc(Nc5nc(Cl)nc(Nc6cccc(S(=O)(=O)O)c6)n5)cc4S(=O)(=O)O)c(S(=O)(=O)O)c3)n2)cc1. The van der Waals surface area contributed by atoms with E-state index in [-0.39, 0.29) is 67.4 Å². The van der Waals surface area contributed by atoms with Crippen LogP contribution in [0.5, 0.6) is 0 Å². The summed E-state index contributed by atoms with van der Waals surface area (Å²) in [5.41, 5.74) is 0.232. The molecule has 4 aromatic carbocycles. The van der Waals surface area contributed by atoms with Crippen molar-refractivity contribution in [2.45, 2.75) is 19.6 Å². The predicted molar refractivity (Wildman–Crippen MR) is 217 cm³/mol. The van der Waals surface area contributed by atoms with Crippen LogP contribution in [-0.4, -0.2) is 81.8 Å². The Morgan fingerprint density at radius 3 is 1.17 bits per heavy atom. The van der Waals surface area contributed by atoms with E-state index in [4.69, 9.17) is 23.2 Å². The number of nitrogens with zero attached hydrogens (tertiary/aromatic N) is 6. The molecular weight excluding hydrogens is 916 g/mol. The minimum Gasteiger partial charge on any atom is -0.324 e. The Morgan fingerprint density at radius 2 is 0.783 bits per heavy atom. The summed E-state index contributed by atoms with van der Waals surface area (Å²) in [6.45, 7) is 0. The maximum absolute atomic E-state index is 12.5. The number of rotatable bonds is 14. The van der Waals surface area contributed by atoms with Gasteiger partial charge in [-0.1, -0.05) is 30.4 Å². The molecule has 6 aromatic rings. The van der Waals surface area contributed by atoms with Gasteiger partial charge in [-0.2, -0.15) is 63.6 Å². The van der Waals surface area contributed by atoms with Crippen molar-refractivity contribution in [3.63, 3.8) is 0 Å². The second-order valence-electron chi connectivity index (χ2n) is 11.8. The lowest BCUT2D eigenvalue weighted by molar-refractivity contribution is 0.480. The minimum atomic E-state index is -4.94. The van der Waals surface area contributed by atoms with Crippen LogP contribution in [0.25, 0.3) is 12.2 Å². The van der Waals surface area contributed by atoms with Gasteiger partial charge in [-0.3, -0.25) is 18.2 Å². The van der Waals surface area contributed by atoms with Crippen molar-refractivity contribution >= 4 is 122 Å². The van der Waals surface area contributed by atoms with Gasteiger partial charge in [-0.05, 0) is 101 Å². The molecule has 2 heterocycles. The molecule has 6 rings (SSSR count). The molecule has 0 saturated carbocycles. The Bertz CT molecular complexity index is 3150. The second-order valence-corrected chi connectivity index (χ2v) is 18.1. The molecule has 0 atom stereocenters. The van der Waals surface area contributed by atoms with Gasteiger partial charge in [-0.15, -0.1) is 0 Å². The van der Waals surface area contributed by atoms with Crippen LogP contribution in [0, 0.1) is 0 Å². The molecule has 312 valence electrons. The van der Waals surface area contributed by atoms with E-state index in [0.29, 0.717) is 5.69 Å². The fourth-order valence-electron chi connectivity index (χ4n) is 5.01. The molecule has 60 heavy (non-hydrogen) atoms. The Hall–Kier alpha value is -5.94. The molecular formula is C32H24Cl2N10O12S4. The first-order valence-electron chi connectivity index (χ1n) is 16.0. The van der Waals surface area contributed by atoms with E-state index in [1.807, 2.05) is 0 Å². The normalized spacial score (nSPS) is 12.3. The monoisotopic (exact) mass is 938 g/mol. The molecule has 28 heteroatoms. The number of benzene rings is 4. The Labute approximate surface area is 349 Å². The van der Waals surface area contributed by atoms with E-state index in [0.717, 1.165) is 48.6 Å². The van der Waals surface area contributed by atoms with Crippen LogP contribution in [0.15, 0.2) is 105 Å². The molecule has 0 saturated heterocycles. The zero-order valence-corrected chi connectivity index (χ0v) is 34.1. The number of nitrogens with one attached hydrogen (secondary N) is 4. The predicted octanol–water partition coefficient (Wildman–Crippen LogP) is 5.50. The van der Waals surface area contributed by atoms with Crippen molar-refractivity contribution in [2.75, 3.05) is 21.3 Å². The van der Waals surface area contributed by atoms with Gasteiger partial charge in [0.15, 0.2) is 0 Å². The van der Waals surface area contributed by atoms with Gasteiger partial charge in [0.2, 0.25) is 34.4 Å². The van der Waals surface area contributed by atoms with Gasteiger partial charge in [0.1, 0.15) is 9.79 Å². The first kappa shape index (κ1) is 43.6. The highest BCUT2D eigenvalue weighted by atomic mass is 35.5. The highest BCUT2D eigenvalue weighted by Gasteiger charge is 2.19. The van der Waals surface area contributed by atoms with E-state index in [1.54, 1.807) is 0 Å². The smallest absolute Gasteiger partial charge is 0.295 e. The zero-order chi connectivity index (χ0) is 43.6. The number of hydrogen-bond acceptors (Lipinski definition) is 18. The van der Waals surface area contributed by atoms with Gasteiger partial charge < -0.3 is 21.3 Å². The molecule has 0 fully saturated rings. The third-order valence-corrected chi connectivity index (χ3v) is 11.4. The number of anilines is 8. The topological polar surface area (TPSA) is 343 Å². The maximum Gasteiger partial charge on any atom is 0.295 e. The van der Waals surface area contributed by atoms with Gasteiger partial charge >= 0.3 is 0 Å². The van der Waals surface area contributed by atoms with Crippen LogP contribution in [0.1, 0.15) is 11.1 Å². The highest BCUT2D eigenvalue weighted by Crippen LogP contribution is 2.29. The largest absolute Gasteiger partial charge is 0.324 e. The molecule has 8 N–H and O–H groups in total. The Balaban J connectivity index is 1.23. The third kappa shape index (κ3) is 11.4. The summed E-state index contributed by atoms with van der Waals surface area (Å²) in [7, 11) is -18.8. The van der Waals surface area contributed by atoms with E-state index in [9.17, 15) is 51.9 Å². The fraction of sp³-hybridized carbons (Fsp3) is 0. The summed E-state index contributed by atoms with van der Waals surface area (Å²) in [6.07, 6.45) is 2.30. The van der Waals surface area contributed by atoms with E-state index in [1.165, 1.54) is 48.5 Å². The van der Waals surface area contributed by atoms with Gasteiger partial charge in [0.05, 0.1) is 9.79 Å². The number of hydrogen-bond donors (Lipinski definition) is 8. The van der Waals surface area contributed by atoms with Crippen molar-refractivity contribution in [3.05, 3.63) is 107 Å². The average Bonchev–Trinajstić information content (AvgIpc) is 3.13. The minimum absolute atomic E-state index is 0.0160. The lowest BCUT2D eigenvalue weighted by Crippen LogP contribution is -2.06. The van der Waals surface area contributed by atoms with Crippen molar-refractivity contribution < 1.29 is 51.9 Å². The summed E-state index contributed by atoms with van der Waals surface area (Å²) in [4.78, 5) is 21.8. The van der Waals surface area contributed by atoms with Crippen LogP contribution in [-0.2, 0) is 40.5 Å². The van der Waals surface area contributed by atoms with Crippen LogP contribution in [0.4, 0.5) is 46.5 Å². The summed E-state index contributed by atoms with van der Waals surface area (Å²) in [6, 6.07) is 17.1. The van der Waals surface area contributed by atoms with E-state index < -0.39 is 55.2 Å². The lowest BCUT2D eigenvalue weighted by Gasteiger charge is -2.11. The molecule has 0 radical (unpaired) electrons. The first-order chi connectivity index (χ1) is 28.0. The highest BCUT2D eigenvalue weighted by molar-refractivity contribution is 7.86. The van der Waals surface area contributed by atoms with E-state index >= 15 is 0 Å². The zero-order valence-electron chi connectivity index (χ0n) is 29.4. The Kier molecular flexibility index (Phi) is 12.3. The van der Waals surface area contributed by atoms with Crippen LogP contribution < -0.4 is 21.3 Å². The van der Waals surface area contributed by atoms with Crippen LogP contribution in [0.2, 0.25) is 10.6 Å². The standard InChI is InChI=1S/C32H24Cl2N10O12S4/c33-27-39-29(35-19-10-12-23(13-11-19)57(45,46)47)43-31(41-27)37-21-8-6-17(25(15-21)59(51,52)53)4-5-18-7-9-22(16-26(18)60(54,55)56)38-32-42-28(34)40-30(44-32)36-20-2-1-3-24(14-20)58(48,49)50/h1-16H,(H,45,46,47)(H,48,49,50)(H,51,52,53)(H,54,55,56)(H2,35,37,39,41,43)(H2,36,38,40,42,44)/b5-4+. The molecule has 0 aliphatic rings. The first-order valence-corrected chi connectivity index (χ1v) is 22.5. The van der Waals surface area contributed by atoms with E-state index in [2.05, 4.69) is 51.2 Å². The molecule has 2 aromatic heterocycles. The van der Waals surface area contributed by atoms with Crippen LogP contribution >= 0.6 is 23.2 Å². The molecule has 0 aliphatic heterocycles. The van der Waals surface area contributed by atoms with Crippen molar-refractivity contribution in [1.29, 1.82) is 0 Å². The van der Waals surface area contributed by atoms with Crippen molar-refractivity contribution in [1.82, 2.24) is 29.9 Å². The second kappa shape index (κ2) is 17.0.